The summed E-state index contributed by atoms with van der Waals surface area (Å²) in [5, 5.41) is 12.4. The first-order chi connectivity index (χ1) is 23.4. The summed E-state index contributed by atoms with van der Waals surface area (Å²) >= 11 is 0. The third-order valence-electron chi connectivity index (χ3n) is 7.55. The van der Waals surface area contributed by atoms with Gasteiger partial charge in [-0.1, -0.05) is 12.5 Å². The van der Waals surface area contributed by atoms with E-state index >= 15 is 4.39 Å². The van der Waals surface area contributed by atoms with Crippen molar-refractivity contribution in [1.82, 2.24) is 20.2 Å². The molecule has 1 fully saturated rings. The summed E-state index contributed by atoms with van der Waals surface area (Å²) < 4.78 is 58.2. The predicted molar refractivity (Wildman–Crippen MR) is 180 cm³/mol. The Morgan fingerprint density at radius 2 is 2.02 bits per heavy atom. The van der Waals surface area contributed by atoms with Gasteiger partial charge in [-0.2, -0.15) is 18.3 Å². The number of allylic oxidation sites excluding steroid dienone is 2. The predicted octanol–water partition coefficient (Wildman–Crippen LogP) is 4.47. The number of piperazine rings is 1. The van der Waals surface area contributed by atoms with Crippen LogP contribution in [-0.4, -0.2) is 60.2 Å². The SMILES string of the molecule is C=C(C#Cc1cc(C(=O)Nc2cc(CN3CCNC(=O)C3)cc(C(F)(F)F)c2)c(F)cc1C)n1cccc(NC2=CCNN=C2)c1=NCC. The number of hydrogen-bond donors (Lipinski definition) is 4. The fourth-order valence-corrected chi connectivity index (χ4v) is 5.23. The van der Waals surface area contributed by atoms with Gasteiger partial charge in [0.25, 0.3) is 5.91 Å². The van der Waals surface area contributed by atoms with Gasteiger partial charge in [-0.25, -0.2) is 4.39 Å². The highest BCUT2D eigenvalue weighted by atomic mass is 19.4. The van der Waals surface area contributed by atoms with Gasteiger partial charge < -0.3 is 21.4 Å². The molecule has 0 spiro atoms. The molecule has 5 rings (SSSR count). The number of halogens is 4. The molecule has 0 bridgehead atoms. The van der Waals surface area contributed by atoms with E-state index in [0.717, 1.165) is 23.9 Å². The molecule has 10 nitrogen and oxygen atoms in total. The molecule has 0 aliphatic carbocycles. The maximum Gasteiger partial charge on any atom is 0.416 e. The molecule has 49 heavy (non-hydrogen) atoms. The number of nitrogens with one attached hydrogen (secondary N) is 4. The zero-order valence-corrected chi connectivity index (χ0v) is 26.8. The topological polar surface area (TPSA) is 115 Å². The number of alkyl halides is 3. The van der Waals surface area contributed by atoms with Crippen LogP contribution in [0.1, 0.15) is 39.5 Å². The molecule has 2 amide bonds. The Morgan fingerprint density at radius 3 is 2.73 bits per heavy atom. The average molecular weight is 675 g/mol. The minimum Gasteiger partial charge on any atom is -0.354 e. The van der Waals surface area contributed by atoms with Crippen molar-refractivity contribution < 1.29 is 27.2 Å². The smallest absolute Gasteiger partial charge is 0.354 e. The molecule has 0 saturated carbocycles. The molecule has 3 aromatic rings. The number of amides is 2. The number of aromatic nitrogens is 1. The third kappa shape index (κ3) is 8.82. The van der Waals surface area contributed by atoms with Gasteiger partial charge in [0, 0.05) is 43.6 Å². The van der Waals surface area contributed by atoms with Crippen molar-refractivity contribution in [3.63, 3.8) is 0 Å². The lowest BCUT2D eigenvalue weighted by atomic mass is 10.0. The number of pyridine rings is 1. The van der Waals surface area contributed by atoms with Gasteiger partial charge in [-0.3, -0.25) is 24.0 Å². The zero-order chi connectivity index (χ0) is 35.1. The van der Waals surface area contributed by atoms with Gasteiger partial charge in [0.15, 0.2) is 5.49 Å². The van der Waals surface area contributed by atoms with Gasteiger partial charge >= 0.3 is 6.18 Å². The van der Waals surface area contributed by atoms with Gasteiger partial charge in [0.2, 0.25) is 5.91 Å². The molecule has 2 aromatic carbocycles. The maximum atomic E-state index is 15.1. The maximum absolute atomic E-state index is 15.1. The van der Waals surface area contributed by atoms with E-state index in [1.807, 2.05) is 19.1 Å². The molecule has 2 aliphatic rings. The second-order valence-corrected chi connectivity index (χ2v) is 11.3. The van der Waals surface area contributed by atoms with E-state index in [0.29, 0.717) is 54.2 Å². The first kappa shape index (κ1) is 34.6. The molecule has 0 radical (unpaired) electrons. The van der Waals surface area contributed by atoms with Crippen molar-refractivity contribution in [1.29, 1.82) is 0 Å². The molecule has 1 aromatic heterocycles. The molecule has 4 N–H and O–H groups in total. The number of rotatable bonds is 8. The highest BCUT2D eigenvalue weighted by molar-refractivity contribution is 6.05. The van der Waals surface area contributed by atoms with E-state index in [4.69, 9.17) is 0 Å². The number of anilines is 2. The van der Waals surface area contributed by atoms with E-state index in [2.05, 4.69) is 49.9 Å². The van der Waals surface area contributed by atoms with Crippen LogP contribution in [0, 0.1) is 24.6 Å². The van der Waals surface area contributed by atoms with Gasteiger partial charge in [0.05, 0.1) is 47.5 Å². The standard InChI is InChI=1S/C35H34F4N8O2/c1-4-40-33-31(44-27-9-10-42-43-19-27)6-5-12-47(33)23(3)7-8-25-17-29(30(36)14-22(25)2)34(49)45-28-16-24(15-26(18-28)35(37,38)39)20-46-13-11-41-32(48)21-46/h5-6,9,12,14-19,42,44H,3-4,10-11,13,20-21H2,1-2H3,(H,41,48)(H,45,49). The van der Waals surface area contributed by atoms with E-state index in [-0.39, 0.29) is 30.2 Å². The first-order valence-corrected chi connectivity index (χ1v) is 15.4. The largest absolute Gasteiger partial charge is 0.416 e. The van der Waals surface area contributed by atoms with Crippen LogP contribution < -0.4 is 26.9 Å². The fraction of sp³-hybridized carbons (Fsp3) is 0.257. The van der Waals surface area contributed by atoms with Crippen molar-refractivity contribution in [3.8, 4) is 11.8 Å². The Morgan fingerprint density at radius 1 is 1.20 bits per heavy atom. The number of carbonyl (C=O) groups is 2. The number of hydrogen-bond acceptors (Lipinski definition) is 7. The van der Waals surface area contributed by atoms with Crippen LogP contribution in [0.3, 0.4) is 0 Å². The van der Waals surface area contributed by atoms with Crippen LogP contribution in [0.5, 0.6) is 0 Å². The van der Waals surface area contributed by atoms with Crippen molar-refractivity contribution in [2.24, 2.45) is 10.1 Å². The summed E-state index contributed by atoms with van der Waals surface area (Å²) in [6.07, 6.45) is 0.633. The first-order valence-electron chi connectivity index (χ1n) is 15.4. The number of carbonyl (C=O) groups excluding carboxylic acids is 2. The minimum atomic E-state index is -4.70. The monoisotopic (exact) mass is 674 g/mol. The second kappa shape index (κ2) is 15.0. The van der Waals surface area contributed by atoms with Crippen molar-refractivity contribution in [2.45, 2.75) is 26.6 Å². The third-order valence-corrected chi connectivity index (χ3v) is 7.55. The molecule has 0 atom stereocenters. The van der Waals surface area contributed by atoms with Crippen molar-refractivity contribution in [2.75, 3.05) is 43.4 Å². The zero-order valence-electron chi connectivity index (χ0n) is 26.8. The summed E-state index contributed by atoms with van der Waals surface area (Å²) in [6, 6.07) is 9.19. The molecule has 3 heterocycles. The van der Waals surface area contributed by atoms with Crippen molar-refractivity contribution in [3.05, 3.63) is 106 Å². The molecular formula is C35H34F4N8O2. The van der Waals surface area contributed by atoms with E-state index in [1.165, 1.54) is 12.1 Å². The van der Waals surface area contributed by atoms with Gasteiger partial charge in [-0.15, -0.1) is 0 Å². The van der Waals surface area contributed by atoms with Crippen LogP contribution in [-0.2, 0) is 17.5 Å². The van der Waals surface area contributed by atoms with E-state index < -0.39 is 29.0 Å². The summed E-state index contributed by atoms with van der Waals surface area (Å²) in [5.74, 6) is 3.87. The average Bonchev–Trinajstić information content (AvgIpc) is 3.05. The Labute approximate surface area is 280 Å². The Hall–Kier alpha value is -5.68. The molecule has 254 valence electrons. The van der Waals surface area contributed by atoms with Gasteiger partial charge in [0.1, 0.15) is 5.82 Å². The van der Waals surface area contributed by atoms with Crippen LogP contribution in [0.2, 0.25) is 0 Å². The summed E-state index contributed by atoms with van der Waals surface area (Å²) in [7, 11) is 0. The van der Waals surface area contributed by atoms with Crippen molar-refractivity contribution >= 4 is 35.1 Å². The second-order valence-electron chi connectivity index (χ2n) is 11.3. The van der Waals surface area contributed by atoms with E-state index in [1.54, 1.807) is 34.9 Å². The summed E-state index contributed by atoms with van der Waals surface area (Å²) in [4.78, 5) is 31.4. The number of nitrogens with zero attached hydrogens (tertiary/aromatic N) is 4. The summed E-state index contributed by atoms with van der Waals surface area (Å²) in [6.45, 7) is 9.57. The number of hydrazone groups is 1. The van der Waals surface area contributed by atoms with Crippen LogP contribution in [0.25, 0.3) is 5.70 Å². The Balaban J connectivity index is 1.40. The molecule has 14 heteroatoms. The Kier molecular flexibility index (Phi) is 10.6. The quantitative estimate of drug-likeness (QED) is 0.208. The van der Waals surface area contributed by atoms with Crippen LogP contribution >= 0.6 is 0 Å². The lowest BCUT2D eigenvalue weighted by Gasteiger charge is -2.27. The molecule has 1 saturated heterocycles. The van der Waals surface area contributed by atoms with Gasteiger partial charge in [-0.05, 0) is 79.4 Å². The fourth-order valence-electron chi connectivity index (χ4n) is 5.23. The lowest BCUT2D eigenvalue weighted by molar-refractivity contribution is -0.137. The highest BCUT2D eigenvalue weighted by Gasteiger charge is 2.32. The summed E-state index contributed by atoms with van der Waals surface area (Å²) in [5.41, 5.74) is 4.69. The minimum absolute atomic E-state index is 0.0315. The number of aryl methyl sites for hydroxylation is 1. The highest BCUT2D eigenvalue weighted by Crippen LogP contribution is 2.33. The van der Waals surface area contributed by atoms with Crippen LogP contribution in [0.4, 0.5) is 28.9 Å². The Bertz CT molecular complexity index is 1990. The van der Waals surface area contributed by atoms with E-state index in [9.17, 15) is 22.8 Å². The lowest BCUT2D eigenvalue weighted by Crippen LogP contribution is -2.47. The molecule has 0 unspecified atom stereocenters. The molecule has 2 aliphatic heterocycles. The molecular weight excluding hydrogens is 640 g/mol. The van der Waals surface area contributed by atoms with Crippen LogP contribution in [0.15, 0.2) is 77.1 Å². The number of benzene rings is 2. The normalized spacial score (nSPS) is 15.0.